The summed E-state index contributed by atoms with van der Waals surface area (Å²) in [6.07, 6.45) is 2.08. The van der Waals surface area contributed by atoms with Crippen molar-refractivity contribution in [2.75, 3.05) is 20.2 Å². The van der Waals surface area contributed by atoms with Gasteiger partial charge in [0.15, 0.2) is 0 Å². The third-order valence-corrected chi connectivity index (χ3v) is 2.77. The van der Waals surface area contributed by atoms with Crippen LogP contribution in [0, 0.1) is 5.92 Å². The Morgan fingerprint density at radius 2 is 2.40 bits per heavy atom. The van der Waals surface area contributed by atoms with Crippen molar-refractivity contribution in [3.8, 4) is 0 Å². The number of hydrogen-bond donors (Lipinski definition) is 1. The summed E-state index contributed by atoms with van der Waals surface area (Å²) in [5, 5.41) is 6.51. The minimum Gasteiger partial charge on any atom is -0.468 e. The fraction of sp³-hybridized carbons (Fsp3) is 0.889. The molecule has 0 aliphatic heterocycles. The van der Waals surface area contributed by atoms with E-state index in [0.717, 1.165) is 12.8 Å². The van der Waals surface area contributed by atoms with Gasteiger partial charge in [0.05, 0.1) is 7.11 Å². The number of methoxy groups -OCH3 is 1. The standard InChI is InChI=1S/C9H16N4O2/c1-9(7-3-4-7,8(14)15-2)11-5-6-12-13-10/h7,11H,3-6H2,1-2H3. The van der Waals surface area contributed by atoms with Gasteiger partial charge in [-0.1, -0.05) is 5.11 Å². The molecule has 0 amide bonds. The van der Waals surface area contributed by atoms with Crippen molar-refractivity contribution in [2.45, 2.75) is 25.3 Å². The zero-order valence-corrected chi connectivity index (χ0v) is 9.06. The first-order valence-electron chi connectivity index (χ1n) is 4.99. The molecule has 1 saturated carbocycles. The van der Waals surface area contributed by atoms with E-state index in [1.54, 1.807) is 0 Å². The number of azide groups is 1. The average Bonchev–Trinajstić information content (AvgIpc) is 3.06. The lowest BCUT2D eigenvalue weighted by Gasteiger charge is -2.27. The molecule has 6 nitrogen and oxygen atoms in total. The number of nitrogens with zero attached hydrogens (tertiary/aromatic N) is 3. The highest BCUT2D eigenvalue weighted by molar-refractivity contribution is 5.81. The van der Waals surface area contributed by atoms with Gasteiger partial charge in [0.25, 0.3) is 0 Å². The fourth-order valence-electron chi connectivity index (χ4n) is 1.67. The van der Waals surface area contributed by atoms with Gasteiger partial charge in [0.2, 0.25) is 0 Å². The van der Waals surface area contributed by atoms with Crippen LogP contribution in [0.25, 0.3) is 10.4 Å². The van der Waals surface area contributed by atoms with Gasteiger partial charge >= 0.3 is 5.97 Å². The molecule has 0 aromatic rings. The molecule has 1 fully saturated rings. The fourth-order valence-corrected chi connectivity index (χ4v) is 1.67. The van der Waals surface area contributed by atoms with Crippen LogP contribution in [0.4, 0.5) is 0 Å². The van der Waals surface area contributed by atoms with E-state index in [1.165, 1.54) is 7.11 Å². The maximum atomic E-state index is 11.6. The zero-order valence-electron chi connectivity index (χ0n) is 9.06. The molecule has 0 saturated heterocycles. The van der Waals surface area contributed by atoms with Crippen LogP contribution in [0.15, 0.2) is 5.11 Å². The summed E-state index contributed by atoms with van der Waals surface area (Å²) >= 11 is 0. The van der Waals surface area contributed by atoms with Crippen LogP contribution in [-0.4, -0.2) is 31.7 Å². The average molecular weight is 212 g/mol. The summed E-state index contributed by atoms with van der Waals surface area (Å²) in [4.78, 5) is 14.2. The predicted octanol–water partition coefficient (Wildman–Crippen LogP) is 1.23. The summed E-state index contributed by atoms with van der Waals surface area (Å²) < 4.78 is 4.77. The number of ether oxygens (including phenoxy) is 1. The van der Waals surface area contributed by atoms with Gasteiger partial charge in [-0.15, -0.1) is 0 Å². The van der Waals surface area contributed by atoms with Crippen molar-refractivity contribution in [3.63, 3.8) is 0 Å². The third kappa shape index (κ3) is 2.84. The van der Waals surface area contributed by atoms with Crippen molar-refractivity contribution in [2.24, 2.45) is 11.0 Å². The largest absolute Gasteiger partial charge is 0.468 e. The Hall–Kier alpha value is -1.26. The van der Waals surface area contributed by atoms with Gasteiger partial charge in [-0.3, -0.25) is 4.79 Å². The minimum atomic E-state index is -0.625. The number of carbonyl (C=O) groups is 1. The summed E-state index contributed by atoms with van der Waals surface area (Å²) in [7, 11) is 1.39. The Morgan fingerprint density at radius 3 is 2.87 bits per heavy atom. The molecule has 0 aromatic heterocycles. The van der Waals surface area contributed by atoms with E-state index >= 15 is 0 Å². The first-order valence-corrected chi connectivity index (χ1v) is 4.99. The normalized spacial score (nSPS) is 18.8. The lowest BCUT2D eigenvalue weighted by molar-refractivity contribution is -0.148. The van der Waals surface area contributed by atoms with Crippen LogP contribution in [0.1, 0.15) is 19.8 Å². The van der Waals surface area contributed by atoms with E-state index in [1.807, 2.05) is 6.92 Å². The highest BCUT2D eigenvalue weighted by Crippen LogP contribution is 2.40. The van der Waals surface area contributed by atoms with E-state index in [4.69, 9.17) is 10.3 Å². The first kappa shape index (κ1) is 11.8. The second-order valence-corrected chi connectivity index (χ2v) is 3.85. The Labute approximate surface area is 88.6 Å². The second kappa shape index (κ2) is 5.00. The van der Waals surface area contributed by atoms with E-state index in [0.29, 0.717) is 19.0 Å². The van der Waals surface area contributed by atoms with Crippen molar-refractivity contribution >= 4 is 5.97 Å². The maximum absolute atomic E-state index is 11.6. The molecule has 1 rings (SSSR count). The monoisotopic (exact) mass is 212 g/mol. The molecular weight excluding hydrogens is 196 g/mol. The molecule has 0 aromatic carbocycles. The molecule has 84 valence electrons. The lowest BCUT2D eigenvalue weighted by atomic mass is 9.96. The molecule has 0 radical (unpaired) electrons. The maximum Gasteiger partial charge on any atom is 0.326 e. The summed E-state index contributed by atoms with van der Waals surface area (Å²) in [5.74, 6) is 0.0990. The first-order chi connectivity index (χ1) is 7.15. The summed E-state index contributed by atoms with van der Waals surface area (Å²) in [6.45, 7) is 2.68. The Balaban J connectivity index is 2.49. The van der Waals surface area contributed by atoms with Gasteiger partial charge in [-0.05, 0) is 31.2 Å². The van der Waals surface area contributed by atoms with E-state index in [-0.39, 0.29) is 5.97 Å². The molecule has 1 aliphatic rings. The van der Waals surface area contributed by atoms with E-state index in [9.17, 15) is 4.79 Å². The van der Waals surface area contributed by atoms with Gasteiger partial charge in [-0.2, -0.15) is 0 Å². The van der Waals surface area contributed by atoms with Crippen LogP contribution in [-0.2, 0) is 9.53 Å². The van der Waals surface area contributed by atoms with Crippen molar-refractivity contribution in [1.82, 2.24) is 5.32 Å². The molecule has 0 heterocycles. The highest BCUT2D eigenvalue weighted by Gasteiger charge is 2.47. The zero-order chi connectivity index (χ0) is 11.3. The topological polar surface area (TPSA) is 87.1 Å². The lowest BCUT2D eigenvalue weighted by Crippen LogP contribution is -2.52. The molecule has 1 aliphatic carbocycles. The number of esters is 1. The van der Waals surface area contributed by atoms with Crippen molar-refractivity contribution in [1.29, 1.82) is 0 Å². The molecule has 6 heteroatoms. The van der Waals surface area contributed by atoms with E-state index < -0.39 is 5.54 Å². The van der Waals surface area contributed by atoms with Gasteiger partial charge in [0, 0.05) is 18.0 Å². The molecule has 1 atom stereocenters. The van der Waals surface area contributed by atoms with Crippen molar-refractivity contribution in [3.05, 3.63) is 10.4 Å². The third-order valence-electron chi connectivity index (χ3n) is 2.77. The second-order valence-electron chi connectivity index (χ2n) is 3.85. The molecule has 1 unspecified atom stereocenters. The number of carbonyl (C=O) groups excluding carboxylic acids is 1. The minimum absolute atomic E-state index is 0.245. The summed E-state index contributed by atoms with van der Waals surface area (Å²) in [6, 6.07) is 0. The van der Waals surface area contributed by atoms with Crippen LogP contribution in [0.3, 0.4) is 0 Å². The van der Waals surface area contributed by atoms with Gasteiger partial charge in [-0.25, -0.2) is 0 Å². The predicted molar refractivity (Wildman–Crippen MR) is 55.2 cm³/mol. The number of hydrogen-bond acceptors (Lipinski definition) is 4. The highest BCUT2D eigenvalue weighted by atomic mass is 16.5. The van der Waals surface area contributed by atoms with E-state index in [2.05, 4.69) is 15.3 Å². The van der Waals surface area contributed by atoms with Crippen molar-refractivity contribution < 1.29 is 9.53 Å². The Morgan fingerprint density at radius 1 is 1.73 bits per heavy atom. The Kier molecular flexibility index (Phi) is 3.94. The smallest absolute Gasteiger partial charge is 0.326 e. The number of nitrogens with one attached hydrogen (secondary N) is 1. The molecule has 0 bridgehead atoms. The van der Waals surface area contributed by atoms with Crippen LogP contribution in [0.2, 0.25) is 0 Å². The van der Waals surface area contributed by atoms with Crippen LogP contribution < -0.4 is 5.32 Å². The molecule has 15 heavy (non-hydrogen) atoms. The number of rotatable bonds is 6. The Bertz CT molecular complexity index is 284. The van der Waals surface area contributed by atoms with Crippen LogP contribution >= 0.6 is 0 Å². The molecular formula is C9H16N4O2. The summed E-state index contributed by atoms with van der Waals surface area (Å²) in [5.41, 5.74) is 7.49. The van der Waals surface area contributed by atoms with Gasteiger partial charge in [0.1, 0.15) is 5.54 Å². The molecule has 1 N–H and O–H groups in total. The van der Waals surface area contributed by atoms with Gasteiger partial charge < -0.3 is 10.1 Å². The van der Waals surface area contributed by atoms with Crippen LogP contribution in [0.5, 0.6) is 0 Å². The molecule has 0 spiro atoms. The quantitative estimate of drug-likeness (QED) is 0.236. The SMILES string of the molecule is COC(=O)C(C)(NCCN=[N+]=[N-])C1CC1.